The van der Waals surface area contributed by atoms with Crippen LogP contribution in [0.4, 0.5) is 0 Å². The molecule has 23 heavy (non-hydrogen) atoms. The van der Waals surface area contributed by atoms with Crippen molar-refractivity contribution in [2.24, 2.45) is 10.9 Å². The van der Waals surface area contributed by atoms with Gasteiger partial charge in [-0.25, -0.2) is 4.99 Å². The first-order chi connectivity index (χ1) is 11.0. The normalized spacial score (nSPS) is 17.0. The Morgan fingerprint density at radius 2 is 2.17 bits per heavy atom. The van der Waals surface area contributed by atoms with Crippen molar-refractivity contribution in [2.45, 2.75) is 46.8 Å². The summed E-state index contributed by atoms with van der Waals surface area (Å²) in [5, 5.41) is 6.63. The molecule has 1 aromatic rings. The van der Waals surface area contributed by atoms with E-state index in [9.17, 15) is 0 Å². The summed E-state index contributed by atoms with van der Waals surface area (Å²) in [6, 6.07) is 4.14. The number of ether oxygens (including phenoxy) is 2. The second kappa shape index (κ2) is 8.09. The highest BCUT2D eigenvalue weighted by atomic mass is 16.5. The largest absolute Gasteiger partial charge is 0.496 e. The molecule has 1 aromatic carbocycles. The Hall–Kier alpha value is -1.91. The van der Waals surface area contributed by atoms with Crippen LogP contribution < -0.4 is 20.1 Å². The molecule has 128 valence electrons. The summed E-state index contributed by atoms with van der Waals surface area (Å²) in [7, 11) is 1.70. The summed E-state index contributed by atoms with van der Waals surface area (Å²) in [6.45, 7) is 10.8. The second-order valence-electron chi connectivity index (χ2n) is 6.37. The van der Waals surface area contributed by atoms with E-state index in [2.05, 4.69) is 55.5 Å². The molecule has 0 saturated carbocycles. The molecule has 0 radical (unpaired) electrons. The Morgan fingerprint density at radius 3 is 2.83 bits per heavy atom. The van der Waals surface area contributed by atoms with Crippen LogP contribution >= 0.6 is 0 Å². The van der Waals surface area contributed by atoms with Gasteiger partial charge in [0.2, 0.25) is 0 Å². The lowest BCUT2D eigenvalue weighted by Gasteiger charge is -2.14. The van der Waals surface area contributed by atoms with Crippen molar-refractivity contribution in [3.63, 3.8) is 0 Å². The van der Waals surface area contributed by atoms with Crippen LogP contribution in [0.3, 0.4) is 0 Å². The van der Waals surface area contributed by atoms with Crippen molar-refractivity contribution in [1.82, 2.24) is 10.6 Å². The number of fused-ring (bicyclic) bond motifs is 1. The molecular weight excluding hydrogens is 290 g/mol. The molecule has 0 saturated heterocycles. The van der Waals surface area contributed by atoms with Gasteiger partial charge in [0.05, 0.1) is 13.7 Å². The Kier molecular flexibility index (Phi) is 6.13. The van der Waals surface area contributed by atoms with E-state index in [1.54, 1.807) is 7.11 Å². The zero-order valence-corrected chi connectivity index (χ0v) is 14.9. The van der Waals surface area contributed by atoms with Gasteiger partial charge in [0.1, 0.15) is 17.6 Å². The Bertz CT molecular complexity index is 555. The molecule has 0 bridgehead atoms. The second-order valence-corrected chi connectivity index (χ2v) is 6.37. The number of rotatable bonds is 6. The number of hydrogen-bond donors (Lipinski definition) is 2. The van der Waals surface area contributed by atoms with Gasteiger partial charge in [-0.15, -0.1) is 0 Å². The molecule has 1 unspecified atom stereocenters. The minimum absolute atomic E-state index is 0.235. The van der Waals surface area contributed by atoms with Crippen molar-refractivity contribution in [3.05, 3.63) is 23.3 Å². The molecule has 0 amide bonds. The fourth-order valence-corrected chi connectivity index (χ4v) is 2.60. The summed E-state index contributed by atoms with van der Waals surface area (Å²) in [6.07, 6.45) is 1.17. The summed E-state index contributed by atoms with van der Waals surface area (Å²) >= 11 is 0. The van der Waals surface area contributed by atoms with E-state index in [1.165, 1.54) is 5.56 Å². The van der Waals surface area contributed by atoms with Gasteiger partial charge in [-0.3, -0.25) is 0 Å². The highest BCUT2D eigenvalue weighted by Crippen LogP contribution is 2.35. The first kappa shape index (κ1) is 17.4. The fraction of sp³-hybridized carbons (Fsp3) is 0.611. The molecule has 1 aliphatic rings. The minimum Gasteiger partial charge on any atom is -0.496 e. The third-order valence-corrected chi connectivity index (χ3v) is 3.73. The van der Waals surface area contributed by atoms with Crippen LogP contribution in [-0.4, -0.2) is 32.3 Å². The van der Waals surface area contributed by atoms with Crippen LogP contribution in [0.15, 0.2) is 17.1 Å². The maximum Gasteiger partial charge on any atom is 0.191 e. The van der Waals surface area contributed by atoms with Crippen LogP contribution in [0.5, 0.6) is 11.5 Å². The molecule has 2 rings (SSSR count). The number of benzene rings is 1. The van der Waals surface area contributed by atoms with Crippen molar-refractivity contribution >= 4 is 5.96 Å². The lowest BCUT2D eigenvalue weighted by Crippen LogP contribution is -2.39. The number of hydrogen-bond acceptors (Lipinski definition) is 3. The summed E-state index contributed by atoms with van der Waals surface area (Å²) in [5.41, 5.74) is 2.26. The average Bonchev–Trinajstić information content (AvgIpc) is 2.87. The van der Waals surface area contributed by atoms with Crippen LogP contribution in [0.2, 0.25) is 0 Å². The van der Waals surface area contributed by atoms with Crippen molar-refractivity contribution in [1.29, 1.82) is 0 Å². The number of methoxy groups -OCH3 is 1. The summed E-state index contributed by atoms with van der Waals surface area (Å²) < 4.78 is 11.4. The van der Waals surface area contributed by atoms with E-state index in [-0.39, 0.29) is 6.10 Å². The minimum atomic E-state index is 0.235. The molecular formula is C18H29N3O2. The lowest BCUT2D eigenvalue weighted by atomic mass is 10.1. The van der Waals surface area contributed by atoms with Crippen LogP contribution in [-0.2, 0) is 13.0 Å². The fourth-order valence-electron chi connectivity index (χ4n) is 2.60. The highest BCUT2D eigenvalue weighted by molar-refractivity contribution is 5.79. The van der Waals surface area contributed by atoms with Gasteiger partial charge in [0.25, 0.3) is 0 Å². The van der Waals surface area contributed by atoms with Gasteiger partial charge < -0.3 is 20.1 Å². The SMILES string of the molecule is CCNC(=NCc1cc2c(cc1OC)CC(C)O2)NCC(C)C. The zero-order valence-electron chi connectivity index (χ0n) is 14.9. The van der Waals surface area contributed by atoms with Crippen LogP contribution in [0, 0.1) is 5.92 Å². The monoisotopic (exact) mass is 319 g/mol. The predicted molar refractivity (Wildman–Crippen MR) is 94.4 cm³/mol. The summed E-state index contributed by atoms with van der Waals surface area (Å²) in [4.78, 5) is 4.67. The van der Waals surface area contributed by atoms with E-state index in [1.807, 2.05) is 0 Å². The van der Waals surface area contributed by atoms with E-state index in [0.717, 1.165) is 42.5 Å². The molecule has 1 atom stereocenters. The van der Waals surface area contributed by atoms with E-state index >= 15 is 0 Å². The third-order valence-electron chi connectivity index (χ3n) is 3.73. The van der Waals surface area contributed by atoms with Gasteiger partial charge in [-0.2, -0.15) is 0 Å². The molecule has 0 aliphatic carbocycles. The number of nitrogens with zero attached hydrogens (tertiary/aromatic N) is 1. The highest BCUT2D eigenvalue weighted by Gasteiger charge is 2.21. The van der Waals surface area contributed by atoms with Crippen LogP contribution in [0.25, 0.3) is 0 Å². The molecule has 0 spiro atoms. The molecule has 0 aromatic heterocycles. The maximum absolute atomic E-state index is 5.84. The quantitative estimate of drug-likeness (QED) is 0.625. The number of guanidine groups is 1. The standard InChI is InChI=1S/C18H29N3O2/c1-6-19-18(20-10-12(2)3)21-11-15-9-17-14(7-13(4)23-17)8-16(15)22-5/h8-9,12-13H,6-7,10-11H2,1-5H3,(H2,19,20,21). The summed E-state index contributed by atoms with van der Waals surface area (Å²) in [5.74, 6) is 3.25. The molecule has 1 heterocycles. The molecule has 5 heteroatoms. The first-order valence-electron chi connectivity index (χ1n) is 8.42. The van der Waals surface area contributed by atoms with Crippen molar-refractivity contribution < 1.29 is 9.47 Å². The van der Waals surface area contributed by atoms with Gasteiger partial charge in [0.15, 0.2) is 5.96 Å². The Balaban J connectivity index is 2.14. The van der Waals surface area contributed by atoms with Crippen LogP contribution in [0.1, 0.15) is 38.8 Å². The Morgan fingerprint density at radius 1 is 1.39 bits per heavy atom. The van der Waals surface area contributed by atoms with E-state index in [4.69, 9.17) is 9.47 Å². The Labute approximate surface area is 139 Å². The molecule has 1 aliphatic heterocycles. The van der Waals surface area contributed by atoms with Crippen molar-refractivity contribution in [3.8, 4) is 11.5 Å². The van der Waals surface area contributed by atoms with Gasteiger partial charge in [-0.05, 0) is 31.9 Å². The molecule has 0 fully saturated rings. The van der Waals surface area contributed by atoms with Gasteiger partial charge in [-0.1, -0.05) is 13.8 Å². The predicted octanol–water partition coefficient (Wildman–Crippen LogP) is 2.73. The molecule has 5 nitrogen and oxygen atoms in total. The third kappa shape index (κ3) is 4.78. The van der Waals surface area contributed by atoms with E-state index < -0.39 is 0 Å². The molecule has 2 N–H and O–H groups in total. The maximum atomic E-state index is 5.84. The van der Waals surface area contributed by atoms with Gasteiger partial charge >= 0.3 is 0 Å². The number of aliphatic imine (C=N–C) groups is 1. The first-order valence-corrected chi connectivity index (χ1v) is 8.42. The van der Waals surface area contributed by atoms with E-state index in [0.29, 0.717) is 12.5 Å². The lowest BCUT2D eigenvalue weighted by molar-refractivity contribution is 0.254. The van der Waals surface area contributed by atoms with Gasteiger partial charge in [0, 0.05) is 30.6 Å². The number of nitrogens with one attached hydrogen (secondary N) is 2. The zero-order chi connectivity index (χ0) is 16.8. The smallest absolute Gasteiger partial charge is 0.191 e. The van der Waals surface area contributed by atoms with Crippen molar-refractivity contribution in [2.75, 3.05) is 20.2 Å². The average molecular weight is 319 g/mol. The topological polar surface area (TPSA) is 54.9 Å².